The monoisotopic (exact) mass is 213 g/mol. The van der Waals surface area contributed by atoms with Gasteiger partial charge in [0.05, 0.1) is 5.60 Å². The van der Waals surface area contributed by atoms with Crippen LogP contribution in [-0.4, -0.2) is 37.2 Å². The van der Waals surface area contributed by atoms with Gasteiger partial charge in [-0.25, -0.2) is 0 Å². The van der Waals surface area contributed by atoms with Gasteiger partial charge in [0, 0.05) is 12.6 Å². The van der Waals surface area contributed by atoms with Crippen LogP contribution in [0.3, 0.4) is 0 Å². The first-order valence-corrected chi connectivity index (χ1v) is 6.52. The summed E-state index contributed by atoms with van der Waals surface area (Å²) >= 11 is 0. The van der Waals surface area contributed by atoms with Gasteiger partial charge in [-0.2, -0.15) is 0 Å². The van der Waals surface area contributed by atoms with Gasteiger partial charge in [-0.1, -0.05) is 13.8 Å². The zero-order valence-corrected chi connectivity index (χ0v) is 10.9. The van der Waals surface area contributed by atoms with E-state index in [-0.39, 0.29) is 0 Å². The Hall–Kier alpha value is -0.0800. The molecule has 0 amide bonds. The normalized spacial score (nSPS) is 35.4. The summed E-state index contributed by atoms with van der Waals surface area (Å²) in [5.41, 5.74) is 0.312. The average Bonchev–Trinajstić information content (AvgIpc) is 2.70. The lowest BCUT2D eigenvalue weighted by molar-refractivity contribution is -0.0379. The Kier molecular flexibility index (Phi) is 5.07. The van der Waals surface area contributed by atoms with Crippen molar-refractivity contribution in [2.75, 3.05) is 20.7 Å². The van der Waals surface area contributed by atoms with Gasteiger partial charge in [-0.3, -0.25) is 0 Å². The van der Waals surface area contributed by atoms with E-state index < -0.39 is 0 Å². The molecule has 1 aliphatic heterocycles. The molecule has 0 radical (unpaired) electrons. The third-order valence-corrected chi connectivity index (χ3v) is 3.78. The molecule has 1 heterocycles. The van der Waals surface area contributed by atoms with Crippen molar-refractivity contribution in [3.05, 3.63) is 0 Å². The molecule has 0 aromatic carbocycles. The van der Waals surface area contributed by atoms with Crippen LogP contribution < -0.4 is 0 Å². The smallest absolute Gasteiger partial charge is 0.0684 e. The molecule has 0 N–H and O–H groups in total. The van der Waals surface area contributed by atoms with Crippen molar-refractivity contribution >= 4 is 0 Å². The molecule has 90 valence electrons. The molecule has 0 aromatic heterocycles. The number of hydrogen-bond donors (Lipinski definition) is 0. The first-order chi connectivity index (χ1) is 7.22. The fourth-order valence-electron chi connectivity index (χ4n) is 2.79. The highest BCUT2D eigenvalue weighted by atomic mass is 16.5. The highest BCUT2D eigenvalue weighted by Crippen LogP contribution is 2.40. The van der Waals surface area contributed by atoms with Crippen molar-refractivity contribution in [1.82, 2.24) is 4.90 Å². The lowest BCUT2D eigenvalue weighted by atomic mass is 9.80. The molecule has 2 rings (SSSR count). The minimum absolute atomic E-state index is 0.312. The minimum Gasteiger partial charge on any atom is -0.375 e. The van der Waals surface area contributed by atoms with Gasteiger partial charge in [0.15, 0.2) is 0 Å². The standard InChI is InChI=1S/C11H21NO.C2H6/c1-12(2)10-4-7-11(8-5-10)6-3-9-13-11;1-2/h10H,3-9H2,1-2H3;1-2H3. The van der Waals surface area contributed by atoms with E-state index in [1.807, 2.05) is 13.8 Å². The second-order valence-corrected chi connectivity index (χ2v) is 4.83. The van der Waals surface area contributed by atoms with Crippen LogP contribution in [0, 0.1) is 0 Å². The molecule has 1 spiro atoms. The third kappa shape index (κ3) is 3.18. The molecule has 1 aliphatic carbocycles. The molecule has 0 unspecified atom stereocenters. The summed E-state index contributed by atoms with van der Waals surface area (Å²) in [6, 6.07) is 0.801. The van der Waals surface area contributed by atoms with Gasteiger partial charge >= 0.3 is 0 Å². The van der Waals surface area contributed by atoms with E-state index in [9.17, 15) is 0 Å². The van der Waals surface area contributed by atoms with E-state index in [0.717, 1.165) is 12.6 Å². The molecule has 1 saturated carbocycles. The fraction of sp³-hybridized carbons (Fsp3) is 1.00. The molecule has 2 nitrogen and oxygen atoms in total. The van der Waals surface area contributed by atoms with Gasteiger partial charge in [0.25, 0.3) is 0 Å². The van der Waals surface area contributed by atoms with E-state index in [1.165, 1.54) is 38.5 Å². The average molecular weight is 213 g/mol. The molecule has 1 saturated heterocycles. The second-order valence-electron chi connectivity index (χ2n) is 4.83. The fourth-order valence-corrected chi connectivity index (χ4v) is 2.79. The highest BCUT2D eigenvalue weighted by Gasteiger charge is 2.39. The van der Waals surface area contributed by atoms with Crippen molar-refractivity contribution in [2.24, 2.45) is 0 Å². The molecule has 0 bridgehead atoms. The van der Waals surface area contributed by atoms with Crippen LogP contribution in [0.5, 0.6) is 0 Å². The minimum atomic E-state index is 0.312. The molecule has 0 aromatic rings. The second kappa shape index (κ2) is 5.86. The van der Waals surface area contributed by atoms with Crippen LogP contribution in [-0.2, 0) is 4.74 Å². The molecule has 2 heteroatoms. The van der Waals surface area contributed by atoms with Crippen molar-refractivity contribution in [3.8, 4) is 0 Å². The van der Waals surface area contributed by atoms with E-state index in [1.54, 1.807) is 0 Å². The van der Waals surface area contributed by atoms with Gasteiger partial charge in [-0.05, 0) is 52.6 Å². The van der Waals surface area contributed by atoms with Gasteiger partial charge in [-0.15, -0.1) is 0 Å². The number of rotatable bonds is 1. The van der Waals surface area contributed by atoms with Crippen LogP contribution in [0.15, 0.2) is 0 Å². The summed E-state index contributed by atoms with van der Waals surface area (Å²) in [5.74, 6) is 0. The van der Waals surface area contributed by atoms with Gasteiger partial charge in [0.2, 0.25) is 0 Å². The van der Waals surface area contributed by atoms with Crippen LogP contribution in [0.2, 0.25) is 0 Å². The predicted octanol–water partition coefficient (Wildman–Crippen LogP) is 3.07. The highest BCUT2D eigenvalue weighted by molar-refractivity contribution is 4.92. The van der Waals surface area contributed by atoms with Crippen molar-refractivity contribution in [1.29, 1.82) is 0 Å². The van der Waals surface area contributed by atoms with Crippen LogP contribution in [0.4, 0.5) is 0 Å². The Balaban J connectivity index is 0.000000531. The quantitative estimate of drug-likeness (QED) is 0.664. The number of hydrogen-bond acceptors (Lipinski definition) is 2. The molecule has 0 atom stereocenters. The summed E-state index contributed by atoms with van der Waals surface area (Å²) in [6.45, 7) is 5.01. The number of ether oxygens (including phenoxy) is 1. The van der Waals surface area contributed by atoms with E-state index in [4.69, 9.17) is 4.74 Å². The lowest BCUT2D eigenvalue weighted by Gasteiger charge is -2.38. The van der Waals surface area contributed by atoms with Crippen LogP contribution >= 0.6 is 0 Å². The Bertz CT molecular complexity index is 163. The van der Waals surface area contributed by atoms with E-state index in [0.29, 0.717) is 5.60 Å². The Morgan fingerprint density at radius 1 is 1.07 bits per heavy atom. The first kappa shape index (κ1) is 13.0. The predicted molar refractivity (Wildman–Crippen MR) is 65.2 cm³/mol. The van der Waals surface area contributed by atoms with Gasteiger partial charge in [0.1, 0.15) is 0 Å². The van der Waals surface area contributed by atoms with Crippen molar-refractivity contribution < 1.29 is 4.74 Å². The zero-order chi connectivity index (χ0) is 11.3. The molecule has 2 fully saturated rings. The maximum absolute atomic E-state index is 5.89. The Morgan fingerprint density at radius 3 is 2.07 bits per heavy atom. The van der Waals surface area contributed by atoms with Crippen molar-refractivity contribution in [2.45, 2.75) is 64.0 Å². The lowest BCUT2D eigenvalue weighted by Crippen LogP contribution is -2.40. The van der Waals surface area contributed by atoms with Crippen LogP contribution in [0.1, 0.15) is 52.4 Å². The van der Waals surface area contributed by atoms with E-state index in [2.05, 4.69) is 19.0 Å². The topological polar surface area (TPSA) is 12.5 Å². The van der Waals surface area contributed by atoms with Crippen molar-refractivity contribution in [3.63, 3.8) is 0 Å². The largest absolute Gasteiger partial charge is 0.375 e. The maximum atomic E-state index is 5.89. The summed E-state index contributed by atoms with van der Waals surface area (Å²) in [5, 5.41) is 0. The zero-order valence-electron chi connectivity index (χ0n) is 10.9. The summed E-state index contributed by atoms with van der Waals surface area (Å²) in [7, 11) is 4.39. The molecular weight excluding hydrogens is 186 g/mol. The molecule has 15 heavy (non-hydrogen) atoms. The summed E-state index contributed by atoms with van der Waals surface area (Å²) in [4.78, 5) is 2.36. The SMILES string of the molecule is CC.CN(C)C1CCC2(CCCO2)CC1. The summed E-state index contributed by atoms with van der Waals surface area (Å²) in [6.07, 6.45) is 7.82. The third-order valence-electron chi connectivity index (χ3n) is 3.78. The first-order valence-electron chi connectivity index (χ1n) is 6.52. The Labute approximate surface area is 95.0 Å². The maximum Gasteiger partial charge on any atom is 0.0684 e. The number of nitrogens with zero attached hydrogens (tertiary/aromatic N) is 1. The Morgan fingerprint density at radius 2 is 1.67 bits per heavy atom. The summed E-state index contributed by atoms with van der Waals surface area (Å²) < 4.78 is 5.89. The molecule has 2 aliphatic rings. The molecular formula is C13H27NO. The van der Waals surface area contributed by atoms with Crippen LogP contribution in [0.25, 0.3) is 0 Å². The van der Waals surface area contributed by atoms with Gasteiger partial charge < -0.3 is 9.64 Å². The van der Waals surface area contributed by atoms with E-state index >= 15 is 0 Å².